The molecule has 1 fully saturated rings. The second-order valence-electron chi connectivity index (χ2n) is 8.99. The van der Waals surface area contributed by atoms with Gasteiger partial charge in [0.25, 0.3) is 5.91 Å². The summed E-state index contributed by atoms with van der Waals surface area (Å²) in [5, 5.41) is 0. The minimum atomic E-state index is -0.00356. The van der Waals surface area contributed by atoms with Crippen LogP contribution in [0.2, 0.25) is 0 Å². The second-order valence-corrected chi connectivity index (χ2v) is 8.99. The molecule has 5 heteroatoms. The molecule has 4 heterocycles. The fourth-order valence-corrected chi connectivity index (χ4v) is 4.80. The van der Waals surface area contributed by atoms with Crippen LogP contribution in [0.3, 0.4) is 0 Å². The van der Waals surface area contributed by atoms with E-state index in [1.165, 1.54) is 16.7 Å². The number of amides is 1. The van der Waals surface area contributed by atoms with Gasteiger partial charge in [-0.05, 0) is 67.0 Å². The molecular formula is C26H29N3O2. The number of aromatic nitrogens is 1. The fraction of sp³-hybridized carbons (Fsp3) is 0.385. The summed E-state index contributed by atoms with van der Waals surface area (Å²) in [6, 6.07) is 8.74. The van der Waals surface area contributed by atoms with Gasteiger partial charge in [0.1, 0.15) is 11.5 Å². The van der Waals surface area contributed by atoms with Gasteiger partial charge in [-0.25, -0.2) is 4.98 Å². The van der Waals surface area contributed by atoms with Gasteiger partial charge in [0, 0.05) is 17.8 Å². The average molecular weight is 416 g/mol. The highest BCUT2D eigenvalue weighted by molar-refractivity contribution is 5.97. The molecule has 1 unspecified atom stereocenters. The molecule has 31 heavy (non-hydrogen) atoms. The molecule has 2 aromatic rings. The summed E-state index contributed by atoms with van der Waals surface area (Å²) in [4.78, 5) is 21.9. The van der Waals surface area contributed by atoms with Crippen molar-refractivity contribution < 1.29 is 9.53 Å². The number of carbonyl (C=O) groups is 1. The minimum Gasteiger partial charge on any atom is -0.377 e. The third kappa shape index (κ3) is 3.10. The molecule has 5 nitrogen and oxygen atoms in total. The monoisotopic (exact) mass is 415 g/mol. The van der Waals surface area contributed by atoms with Crippen LogP contribution >= 0.6 is 0 Å². The van der Waals surface area contributed by atoms with Gasteiger partial charge in [-0.3, -0.25) is 9.69 Å². The van der Waals surface area contributed by atoms with Gasteiger partial charge in [0.05, 0.1) is 24.9 Å². The number of allylic oxidation sites excluding steroid dienone is 1. The molecule has 1 atom stereocenters. The van der Waals surface area contributed by atoms with Gasteiger partial charge in [-0.1, -0.05) is 32.2 Å². The number of hydrogen-bond donors (Lipinski definition) is 0. The first-order valence-electron chi connectivity index (χ1n) is 11.1. The number of anilines is 2. The van der Waals surface area contributed by atoms with Crippen LogP contribution in [0, 0.1) is 13.8 Å². The molecule has 0 N–H and O–H groups in total. The van der Waals surface area contributed by atoms with Crippen molar-refractivity contribution in [1.82, 2.24) is 9.88 Å². The summed E-state index contributed by atoms with van der Waals surface area (Å²) in [6.07, 6.45) is 1.91. The van der Waals surface area contributed by atoms with E-state index in [1.807, 2.05) is 17.0 Å². The van der Waals surface area contributed by atoms with Crippen molar-refractivity contribution in [1.29, 1.82) is 0 Å². The normalized spacial score (nSPS) is 21.1. The second kappa shape index (κ2) is 7.34. The topological polar surface area (TPSA) is 45.7 Å². The Balaban J connectivity index is 1.62. The van der Waals surface area contributed by atoms with Crippen LogP contribution in [0.4, 0.5) is 11.5 Å². The Hall–Kier alpha value is -2.92. The maximum Gasteiger partial charge on any atom is 0.273 e. The van der Waals surface area contributed by atoms with Gasteiger partial charge in [0.15, 0.2) is 0 Å². The van der Waals surface area contributed by atoms with Gasteiger partial charge < -0.3 is 9.64 Å². The summed E-state index contributed by atoms with van der Waals surface area (Å²) in [6.45, 7) is 17.1. The zero-order valence-corrected chi connectivity index (χ0v) is 18.6. The van der Waals surface area contributed by atoms with Crippen LogP contribution in [-0.4, -0.2) is 35.0 Å². The average Bonchev–Trinajstić information content (AvgIpc) is 2.98. The number of rotatable bonds is 3. The molecule has 0 radical (unpaired) electrons. The number of pyridine rings is 1. The standard InChI is InChI=1S/C26H29N3O2/c1-6-19-9-17(4)18(5)29(23-11-16(3)15(2)10-22(19)23)24-8-7-20-12-28(21-13-31-14-21)26(30)25(20)27-24/h7-8,10-11,19,21H,4-6,9,12-14H2,1-3H3. The van der Waals surface area contributed by atoms with E-state index in [1.54, 1.807) is 0 Å². The zero-order chi connectivity index (χ0) is 21.9. The molecule has 1 amide bonds. The number of benzene rings is 1. The van der Waals surface area contributed by atoms with E-state index in [9.17, 15) is 4.79 Å². The number of carbonyl (C=O) groups excluding carboxylic acids is 1. The maximum absolute atomic E-state index is 13.1. The van der Waals surface area contributed by atoms with Crippen LogP contribution in [0.15, 0.2) is 48.7 Å². The summed E-state index contributed by atoms with van der Waals surface area (Å²) in [7, 11) is 0. The maximum atomic E-state index is 13.1. The first-order chi connectivity index (χ1) is 14.9. The summed E-state index contributed by atoms with van der Waals surface area (Å²) >= 11 is 0. The fourth-order valence-electron chi connectivity index (χ4n) is 4.80. The lowest BCUT2D eigenvalue weighted by molar-refractivity contribution is -0.0541. The number of nitrogens with zero attached hydrogens (tertiary/aromatic N) is 3. The lowest BCUT2D eigenvalue weighted by Gasteiger charge is -2.34. The Morgan fingerprint density at radius 2 is 1.90 bits per heavy atom. The molecule has 0 bridgehead atoms. The van der Waals surface area contributed by atoms with Crippen molar-refractivity contribution in [2.24, 2.45) is 0 Å². The number of aryl methyl sites for hydroxylation is 2. The van der Waals surface area contributed by atoms with Crippen LogP contribution in [0.25, 0.3) is 0 Å². The molecule has 0 saturated carbocycles. The third-order valence-corrected chi connectivity index (χ3v) is 7.05. The van der Waals surface area contributed by atoms with E-state index in [0.717, 1.165) is 41.2 Å². The summed E-state index contributed by atoms with van der Waals surface area (Å²) in [5.41, 5.74) is 8.30. The van der Waals surface area contributed by atoms with E-state index in [0.29, 0.717) is 31.4 Å². The quantitative estimate of drug-likeness (QED) is 0.695. The minimum absolute atomic E-state index is 0.00356. The van der Waals surface area contributed by atoms with Crippen LogP contribution in [0.1, 0.15) is 58.4 Å². The number of fused-ring (bicyclic) bond motifs is 2. The molecule has 1 aromatic heterocycles. The number of hydrogen-bond acceptors (Lipinski definition) is 4. The molecule has 0 spiro atoms. The Morgan fingerprint density at radius 1 is 1.16 bits per heavy atom. The van der Waals surface area contributed by atoms with Crippen LogP contribution in [0.5, 0.6) is 0 Å². The molecule has 160 valence electrons. The third-order valence-electron chi connectivity index (χ3n) is 7.05. The van der Waals surface area contributed by atoms with E-state index < -0.39 is 0 Å². The molecule has 1 aromatic carbocycles. The lowest BCUT2D eigenvalue weighted by Crippen LogP contribution is -2.49. The Morgan fingerprint density at radius 3 is 2.58 bits per heavy atom. The Labute approximate surface area is 184 Å². The van der Waals surface area contributed by atoms with Crippen molar-refractivity contribution in [3.63, 3.8) is 0 Å². The first kappa shape index (κ1) is 20.0. The summed E-state index contributed by atoms with van der Waals surface area (Å²) in [5.74, 6) is 1.11. The van der Waals surface area contributed by atoms with Crippen molar-refractivity contribution in [3.05, 3.63) is 76.6 Å². The molecule has 3 aliphatic heterocycles. The van der Waals surface area contributed by atoms with Gasteiger partial charge in [0.2, 0.25) is 0 Å². The van der Waals surface area contributed by atoms with Crippen molar-refractivity contribution in [2.45, 2.75) is 52.1 Å². The van der Waals surface area contributed by atoms with Crippen molar-refractivity contribution >= 4 is 17.4 Å². The van der Waals surface area contributed by atoms with E-state index >= 15 is 0 Å². The molecule has 5 rings (SSSR count). The van der Waals surface area contributed by atoms with E-state index in [4.69, 9.17) is 9.72 Å². The van der Waals surface area contributed by atoms with Crippen LogP contribution < -0.4 is 4.90 Å². The highest BCUT2D eigenvalue weighted by Gasteiger charge is 2.38. The molecule has 1 saturated heterocycles. The molecular weight excluding hydrogens is 386 g/mol. The highest BCUT2D eigenvalue weighted by Crippen LogP contribution is 2.45. The highest BCUT2D eigenvalue weighted by atomic mass is 16.5. The Bertz CT molecular complexity index is 1120. The molecule has 0 aliphatic carbocycles. The van der Waals surface area contributed by atoms with Crippen molar-refractivity contribution in [2.75, 3.05) is 18.1 Å². The first-order valence-corrected chi connectivity index (χ1v) is 11.1. The predicted molar refractivity (Wildman–Crippen MR) is 123 cm³/mol. The summed E-state index contributed by atoms with van der Waals surface area (Å²) < 4.78 is 5.29. The largest absolute Gasteiger partial charge is 0.377 e. The lowest BCUT2D eigenvalue weighted by atomic mass is 9.88. The Kier molecular flexibility index (Phi) is 4.74. The SMILES string of the molecule is C=C1CC(CC)c2cc(C)c(C)cc2N(c2ccc3c(n2)C(=O)N(C2COC2)C3)C1=C. The predicted octanol–water partition coefficient (Wildman–Crippen LogP) is 5.16. The molecule has 3 aliphatic rings. The van der Waals surface area contributed by atoms with Crippen molar-refractivity contribution in [3.8, 4) is 0 Å². The van der Waals surface area contributed by atoms with E-state index in [2.05, 4.69) is 51.0 Å². The zero-order valence-electron chi connectivity index (χ0n) is 18.6. The van der Waals surface area contributed by atoms with Gasteiger partial charge >= 0.3 is 0 Å². The number of ether oxygens (including phenoxy) is 1. The smallest absolute Gasteiger partial charge is 0.273 e. The van der Waals surface area contributed by atoms with Gasteiger partial charge in [-0.2, -0.15) is 0 Å². The van der Waals surface area contributed by atoms with Gasteiger partial charge in [-0.15, -0.1) is 0 Å². The van der Waals surface area contributed by atoms with E-state index in [-0.39, 0.29) is 11.9 Å². The van der Waals surface area contributed by atoms with Crippen LogP contribution in [-0.2, 0) is 11.3 Å².